The molecular weight excluding hydrogens is 437 g/mol. The van der Waals surface area contributed by atoms with Gasteiger partial charge in [0.25, 0.3) is 11.6 Å². The van der Waals surface area contributed by atoms with Gasteiger partial charge in [-0.25, -0.2) is 9.50 Å². The SMILES string of the molecule is Cc1nc2nc(C(F)(F)F)nn2c(C)c1CC(=O)N1CCN(CCOc2ccccc2)CC1. The van der Waals surface area contributed by atoms with Crippen molar-refractivity contribution in [2.45, 2.75) is 26.4 Å². The van der Waals surface area contributed by atoms with Gasteiger partial charge in [0.2, 0.25) is 5.91 Å². The number of alkyl halides is 3. The molecule has 1 aliphatic heterocycles. The Morgan fingerprint density at radius 1 is 1.06 bits per heavy atom. The van der Waals surface area contributed by atoms with Crippen LogP contribution in [0.15, 0.2) is 30.3 Å². The first kappa shape index (κ1) is 23.0. The number of aromatic nitrogens is 4. The minimum Gasteiger partial charge on any atom is -0.492 e. The Hall–Kier alpha value is -3.21. The van der Waals surface area contributed by atoms with Crippen molar-refractivity contribution in [2.75, 3.05) is 39.3 Å². The van der Waals surface area contributed by atoms with E-state index in [0.717, 1.165) is 29.9 Å². The highest BCUT2D eigenvalue weighted by Crippen LogP contribution is 2.27. The molecule has 3 aromatic rings. The molecule has 176 valence electrons. The van der Waals surface area contributed by atoms with Gasteiger partial charge in [0.1, 0.15) is 12.4 Å². The summed E-state index contributed by atoms with van der Waals surface area (Å²) in [6.45, 7) is 7.27. The molecule has 0 saturated carbocycles. The fourth-order valence-electron chi connectivity index (χ4n) is 3.88. The van der Waals surface area contributed by atoms with Crippen molar-refractivity contribution < 1.29 is 22.7 Å². The van der Waals surface area contributed by atoms with Gasteiger partial charge >= 0.3 is 6.18 Å². The van der Waals surface area contributed by atoms with Crippen molar-refractivity contribution in [1.82, 2.24) is 29.4 Å². The zero-order chi connectivity index (χ0) is 23.6. The highest BCUT2D eigenvalue weighted by molar-refractivity contribution is 5.79. The molecule has 1 saturated heterocycles. The second kappa shape index (κ2) is 9.34. The zero-order valence-corrected chi connectivity index (χ0v) is 18.5. The van der Waals surface area contributed by atoms with Crippen LogP contribution in [0.25, 0.3) is 5.78 Å². The fourth-order valence-corrected chi connectivity index (χ4v) is 3.88. The molecule has 1 fully saturated rings. The van der Waals surface area contributed by atoms with Gasteiger partial charge in [-0.05, 0) is 26.0 Å². The topological polar surface area (TPSA) is 75.9 Å². The van der Waals surface area contributed by atoms with Crippen LogP contribution in [0.4, 0.5) is 13.2 Å². The smallest absolute Gasteiger partial charge is 0.453 e. The molecule has 0 radical (unpaired) electrons. The summed E-state index contributed by atoms with van der Waals surface area (Å²) >= 11 is 0. The zero-order valence-electron chi connectivity index (χ0n) is 18.5. The second-order valence-corrected chi connectivity index (χ2v) is 7.97. The predicted octanol–water partition coefficient (Wildman–Crippen LogP) is 2.53. The number of benzene rings is 1. The van der Waals surface area contributed by atoms with Crippen LogP contribution in [-0.4, -0.2) is 74.6 Å². The molecule has 1 aromatic carbocycles. The van der Waals surface area contributed by atoms with Gasteiger partial charge in [0, 0.05) is 49.7 Å². The Kier molecular flexibility index (Phi) is 6.50. The maximum atomic E-state index is 13.0. The van der Waals surface area contributed by atoms with E-state index in [1.807, 2.05) is 30.3 Å². The van der Waals surface area contributed by atoms with E-state index in [0.29, 0.717) is 36.6 Å². The summed E-state index contributed by atoms with van der Waals surface area (Å²) in [7, 11) is 0. The van der Waals surface area contributed by atoms with Gasteiger partial charge in [-0.2, -0.15) is 18.2 Å². The number of rotatable bonds is 6. The third kappa shape index (κ3) is 5.24. The lowest BCUT2D eigenvalue weighted by Crippen LogP contribution is -2.50. The number of ether oxygens (including phenoxy) is 1. The van der Waals surface area contributed by atoms with Crippen LogP contribution in [-0.2, 0) is 17.4 Å². The van der Waals surface area contributed by atoms with E-state index < -0.39 is 12.0 Å². The maximum Gasteiger partial charge on any atom is 0.453 e. The Morgan fingerprint density at radius 2 is 1.76 bits per heavy atom. The van der Waals surface area contributed by atoms with E-state index in [9.17, 15) is 18.0 Å². The van der Waals surface area contributed by atoms with E-state index in [2.05, 4.69) is 20.0 Å². The third-order valence-corrected chi connectivity index (χ3v) is 5.77. The molecule has 0 bridgehead atoms. The number of piperazine rings is 1. The average molecular weight is 462 g/mol. The minimum absolute atomic E-state index is 0.0545. The van der Waals surface area contributed by atoms with Gasteiger partial charge in [-0.3, -0.25) is 9.69 Å². The monoisotopic (exact) mass is 462 g/mol. The first-order valence-electron chi connectivity index (χ1n) is 10.7. The highest BCUT2D eigenvalue weighted by Gasteiger charge is 2.37. The Balaban J connectivity index is 1.34. The van der Waals surface area contributed by atoms with E-state index in [1.165, 1.54) is 0 Å². The van der Waals surface area contributed by atoms with Gasteiger partial charge in [-0.15, -0.1) is 5.10 Å². The summed E-state index contributed by atoms with van der Waals surface area (Å²) in [5.74, 6) is -0.621. The number of para-hydroxylation sites is 1. The maximum absolute atomic E-state index is 13.0. The molecule has 0 spiro atoms. The minimum atomic E-state index is -4.66. The number of halogens is 3. The van der Waals surface area contributed by atoms with Crippen LogP contribution in [0.1, 0.15) is 22.8 Å². The summed E-state index contributed by atoms with van der Waals surface area (Å²) in [5, 5.41) is 3.54. The standard InChI is InChI=1S/C22H25F3N6O2/c1-15-18(16(2)31-21(26-15)27-20(28-31)22(23,24)25)14-19(32)30-10-8-29(9-11-30)12-13-33-17-6-4-3-5-7-17/h3-7H,8-14H2,1-2H3. The van der Waals surface area contributed by atoms with Gasteiger partial charge < -0.3 is 9.64 Å². The lowest BCUT2D eigenvalue weighted by molar-refractivity contribution is -0.144. The molecule has 0 aliphatic carbocycles. The molecule has 1 amide bonds. The number of fused-ring (bicyclic) bond motifs is 1. The molecule has 2 aromatic heterocycles. The molecule has 4 rings (SSSR count). The van der Waals surface area contributed by atoms with Crippen molar-refractivity contribution in [3.8, 4) is 5.75 Å². The Labute approximate surface area is 189 Å². The number of nitrogens with zero attached hydrogens (tertiary/aromatic N) is 6. The largest absolute Gasteiger partial charge is 0.492 e. The van der Waals surface area contributed by atoms with E-state index in [1.54, 1.807) is 18.7 Å². The molecule has 11 heteroatoms. The lowest BCUT2D eigenvalue weighted by Gasteiger charge is -2.34. The van der Waals surface area contributed by atoms with Crippen LogP contribution in [0.5, 0.6) is 5.75 Å². The summed E-state index contributed by atoms with van der Waals surface area (Å²) < 4.78 is 45.7. The summed E-state index contributed by atoms with van der Waals surface area (Å²) in [4.78, 5) is 24.5. The van der Waals surface area contributed by atoms with Crippen LogP contribution < -0.4 is 4.74 Å². The molecular formula is C22H25F3N6O2. The van der Waals surface area contributed by atoms with Crippen molar-refractivity contribution in [3.05, 3.63) is 53.1 Å². The van der Waals surface area contributed by atoms with Crippen molar-refractivity contribution in [1.29, 1.82) is 0 Å². The number of amides is 1. The molecule has 0 atom stereocenters. The molecule has 8 nitrogen and oxygen atoms in total. The normalized spacial score (nSPS) is 15.2. The number of carbonyl (C=O) groups excluding carboxylic acids is 1. The van der Waals surface area contributed by atoms with Gasteiger partial charge in [0.15, 0.2) is 0 Å². The first-order valence-corrected chi connectivity index (χ1v) is 10.7. The van der Waals surface area contributed by atoms with Crippen LogP contribution >= 0.6 is 0 Å². The first-order chi connectivity index (χ1) is 15.7. The number of hydrogen-bond donors (Lipinski definition) is 0. The molecule has 0 unspecified atom stereocenters. The molecule has 33 heavy (non-hydrogen) atoms. The molecule has 3 heterocycles. The van der Waals surface area contributed by atoms with Crippen LogP contribution in [0, 0.1) is 13.8 Å². The van der Waals surface area contributed by atoms with Gasteiger partial charge in [-0.1, -0.05) is 18.2 Å². The summed E-state index contributed by atoms with van der Waals surface area (Å²) in [6.07, 6.45) is -4.60. The van der Waals surface area contributed by atoms with Crippen molar-refractivity contribution >= 4 is 11.7 Å². The quantitative estimate of drug-likeness (QED) is 0.561. The van der Waals surface area contributed by atoms with E-state index in [4.69, 9.17) is 4.74 Å². The van der Waals surface area contributed by atoms with Crippen LogP contribution in [0.3, 0.4) is 0 Å². The van der Waals surface area contributed by atoms with Crippen LogP contribution in [0.2, 0.25) is 0 Å². The Morgan fingerprint density at radius 3 is 2.42 bits per heavy atom. The van der Waals surface area contributed by atoms with E-state index in [-0.39, 0.29) is 18.1 Å². The summed E-state index contributed by atoms with van der Waals surface area (Å²) in [5.41, 5.74) is 1.49. The molecule has 1 aliphatic rings. The van der Waals surface area contributed by atoms with Gasteiger partial charge in [0.05, 0.1) is 6.42 Å². The summed E-state index contributed by atoms with van der Waals surface area (Å²) in [6, 6.07) is 9.61. The van der Waals surface area contributed by atoms with E-state index >= 15 is 0 Å². The van der Waals surface area contributed by atoms with Crippen molar-refractivity contribution in [3.63, 3.8) is 0 Å². The number of hydrogen-bond acceptors (Lipinski definition) is 6. The second-order valence-electron chi connectivity index (χ2n) is 7.97. The fraction of sp³-hybridized carbons (Fsp3) is 0.455. The lowest BCUT2D eigenvalue weighted by atomic mass is 10.1. The third-order valence-electron chi connectivity index (χ3n) is 5.77. The predicted molar refractivity (Wildman–Crippen MR) is 114 cm³/mol. The molecule has 0 N–H and O–H groups in total. The average Bonchev–Trinajstić information content (AvgIpc) is 3.22. The number of carbonyl (C=O) groups is 1. The Bertz CT molecular complexity index is 1120. The number of aryl methyl sites for hydroxylation is 2. The van der Waals surface area contributed by atoms with Crippen molar-refractivity contribution in [2.24, 2.45) is 0 Å². The highest BCUT2D eigenvalue weighted by atomic mass is 19.4.